The van der Waals surface area contributed by atoms with E-state index in [9.17, 15) is 13.6 Å². The van der Waals surface area contributed by atoms with Crippen molar-refractivity contribution in [1.82, 2.24) is 5.43 Å². The van der Waals surface area contributed by atoms with Crippen LogP contribution in [0.5, 0.6) is 11.5 Å². The molecule has 0 heterocycles. The van der Waals surface area contributed by atoms with E-state index in [4.69, 9.17) is 9.47 Å². The van der Waals surface area contributed by atoms with E-state index in [1.807, 2.05) is 0 Å². The van der Waals surface area contributed by atoms with Crippen LogP contribution in [0.3, 0.4) is 0 Å². The molecule has 0 aliphatic carbocycles. The monoisotopic (exact) mass is 334 g/mol. The summed E-state index contributed by atoms with van der Waals surface area (Å²) in [5.74, 6) is -1.22. The minimum absolute atomic E-state index is 0.00816. The van der Waals surface area contributed by atoms with Gasteiger partial charge in [0.05, 0.1) is 25.5 Å². The van der Waals surface area contributed by atoms with Crippen molar-refractivity contribution in [2.45, 2.75) is 6.92 Å². The molecule has 0 atom stereocenters. The highest BCUT2D eigenvalue weighted by atomic mass is 19.1. The molecule has 24 heavy (non-hydrogen) atoms. The van der Waals surface area contributed by atoms with Crippen molar-refractivity contribution in [3.05, 3.63) is 59.2 Å². The SMILES string of the molecule is COc1cc(OC)cc(C(=O)N/N=C(/C)c2c(F)cccc2F)c1. The average Bonchev–Trinajstić information content (AvgIpc) is 2.58. The Hall–Kier alpha value is -2.96. The normalized spacial score (nSPS) is 11.1. The number of carbonyl (C=O) groups excluding carboxylic acids is 1. The van der Waals surface area contributed by atoms with Crippen LogP contribution in [0.15, 0.2) is 41.5 Å². The fourth-order valence-electron chi connectivity index (χ4n) is 2.04. The molecule has 0 aliphatic rings. The van der Waals surface area contributed by atoms with Gasteiger partial charge in [-0.05, 0) is 31.2 Å². The molecule has 0 aromatic heterocycles. The maximum absolute atomic E-state index is 13.7. The molecule has 126 valence electrons. The van der Waals surface area contributed by atoms with Crippen molar-refractivity contribution in [3.63, 3.8) is 0 Å². The minimum atomic E-state index is -0.756. The number of hydrogen-bond acceptors (Lipinski definition) is 4. The molecular weight excluding hydrogens is 318 g/mol. The van der Waals surface area contributed by atoms with Crippen molar-refractivity contribution in [2.75, 3.05) is 14.2 Å². The molecule has 0 saturated heterocycles. The molecule has 0 unspecified atom stereocenters. The summed E-state index contributed by atoms with van der Waals surface area (Å²) in [6.45, 7) is 1.40. The van der Waals surface area contributed by atoms with E-state index in [2.05, 4.69) is 10.5 Å². The van der Waals surface area contributed by atoms with Gasteiger partial charge >= 0.3 is 0 Å². The van der Waals surface area contributed by atoms with Crippen LogP contribution in [0.2, 0.25) is 0 Å². The molecule has 0 saturated carbocycles. The van der Waals surface area contributed by atoms with Gasteiger partial charge in [0.2, 0.25) is 0 Å². The Morgan fingerprint density at radius 3 is 2.08 bits per heavy atom. The summed E-state index contributed by atoms with van der Waals surface area (Å²) in [7, 11) is 2.92. The number of methoxy groups -OCH3 is 2. The second kappa shape index (κ2) is 7.54. The first kappa shape index (κ1) is 17.4. The summed E-state index contributed by atoms with van der Waals surface area (Å²) in [6, 6.07) is 8.08. The summed E-state index contributed by atoms with van der Waals surface area (Å²) in [5.41, 5.74) is 2.21. The molecule has 2 aromatic rings. The van der Waals surface area contributed by atoms with Gasteiger partial charge in [0.25, 0.3) is 5.91 Å². The van der Waals surface area contributed by atoms with Gasteiger partial charge in [-0.2, -0.15) is 5.10 Å². The van der Waals surface area contributed by atoms with Gasteiger partial charge in [0.15, 0.2) is 0 Å². The van der Waals surface area contributed by atoms with Crippen LogP contribution < -0.4 is 14.9 Å². The Morgan fingerprint density at radius 1 is 1.04 bits per heavy atom. The maximum Gasteiger partial charge on any atom is 0.271 e. The predicted molar refractivity (Wildman–Crippen MR) is 85.6 cm³/mol. The summed E-state index contributed by atoms with van der Waals surface area (Å²) < 4.78 is 37.5. The largest absolute Gasteiger partial charge is 0.497 e. The van der Waals surface area contributed by atoms with Crippen LogP contribution in [0.1, 0.15) is 22.8 Å². The van der Waals surface area contributed by atoms with Crippen molar-refractivity contribution >= 4 is 11.6 Å². The van der Waals surface area contributed by atoms with E-state index >= 15 is 0 Å². The van der Waals surface area contributed by atoms with Crippen LogP contribution in [0.25, 0.3) is 0 Å². The fraction of sp³-hybridized carbons (Fsp3) is 0.176. The molecule has 1 amide bonds. The van der Waals surface area contributed by atoms with E-state index in [1.165, 1.54) is 39.3 Å². The summed E-state index contributed by atoms with van der Waals surface area (Å²) in [4.78, 5) is 12.2. The summed E-state index contributed by atoms with van der Waals surface area (Å²) >= 11 is 0. The number of hydrogen-bond donors (Lipinski definition) is 1. The minimum Gasteiger partial charge on any atom is -0.497 e. The van der Waals surface area contributed by atoms with E-state index in [0.717, 1.165) is 12.1 Å². The van der Waals surface area contributed by atoms with Crippen molar-refractivity contribution in [2.24, 2.45) is 5.10 Å². The third-order valence-corrected chi connectivity index (χ3v) is 3.26. The average molecular weight is 334 g/mol. The zero-order valence-electron chi connectivity index (χ0n) is 13.4. The quantitative estimate of drug-likeness (QED) is 0.675. The Kier molecular flexibility index (Phi) is 5.47. The van der Waals surface area contributed by atoms with Crippen molar-refractivity contribution in [3.8, 4) is 11.5 Å². The third-order valence-electron chi connectivity index (χ3n) is 3.26. The molecule has 0 spiro atoms. The standard InChI is InChI=1S/C17H16F2N2O3/c1-10(16-14(18)5-4-6-15(16)19)20-21-17(22)11-7-12(23-2)9-13(8-11)24-3/h4-9H,1-3H3,(H,21,22)/b20-10-. The highest BCUT2D eigenvalue weighted by molar-refractivity contribution is 6.01. The first-order valence-electron chi connectivity index (χ1n) is 6.98. The Balaban J connectivity index is 2.24. The molecule has 0 bridgehead atoms. The lowest BCUT2D eigenvalue weighted by Gasteiger charge is -2.08. The number of rotatable bonds is 5. The lowest BCUT2D eigenvalue weighted by molar-refractivity contribution is 0.0954. The zero-order chi connectivity index (χ0) is 17.7. The van der Waals surface area contributed by atoms with E-state index in [1.54, 1.807) is 6.07 Å². The fourth-order valence-corrected chi connectivity index (χ4v) is 2.04. The number of nitrogens with one attached hydrogen (secondary N) is 1. The molecule has 5 nitrogen and oxygen atoms in total. The number of amides is 1. The second-order valence-corrected chi connectivity index (χ2v) is 4.84. The summed E-state index contributed by atoms with van der Waals surface area (Å²) in [6.07, 6.45) is 0. The third kappa shape index (κ3) is 3.87. The van der Waals surface area contributed by atoms with Gasteiger partial charge in [0, 0.05) is 11.6 Å². The van der Waals surface area contributed by atoms with Gasteiger partial charge < -0.3 is 9.47 Å². The molecule has 0 fully saturated rings. The molecular formula is C17H16F2N2O3. The lowest BCUT2D eigenvalue weighted by Crippen LogP contribution is -2.20. The first-order chi connectivity index (χ1) is 11.5. The van der Waals surface area contributed by atoms with Gasteiger partial charge in [0.1, 0.15) is 23.1 Å². The molecule has 2 rings (SSSR count). The van der Waals surface area contributed by atoms with Crippen LogP contribution in [-0.2, 0) is 0 Å². The highest BCUT2D eigenvalue weighted by Crippen LogP contribution is 2.22. The van der Waals surface area contributed by atoms with Crippen molar-refractivity contribution in [1.29, 1.82) is 0 Å². The highest BCUT2D eigenvalue weighted by Gasteiger charge is 2.13. The molecule has 0 aliphatic heterocycles. The van der Waals surface area contributed by atoms with E-state index < -0.39 is 17.5 Å². The topological polar surface area (TPSA) is 59.9 Å². The van der Waals surface area contributed by atoms with Gasteiger partial charge in [-0.15, -0.1) is 0 Å². The van der Waals surface area contributed by atoms with Crippen LogP contribution in [0.4, 0.5) is 8.78 Å². The van der Waals surface area contributed by atoms with Gasteiger partial charge in [-0.3, -0.25) is 4.79 Å². The van der Waals surface area contributed by atoms with Crippen LogP contribution in [0, 0.1) is 11.6 Å². The molecule has 7 heteroatoms. The Bertz CT molecular complexity index is 749. The Labute approximate surface area is 137 Å². The van der Waals surface area contributed by atoms with Crippen molar-refractivity contribution < 1.29 is 23.0 Å². The van der Waals surface area contributed by atoms with Gasteiger partial charge in [-0.25, -0.2) is 14.2 Å². The first-order valence-corrected chi connectivity index (χ1v) is 6.98. The predicted octanol–water partition coefficient (Wildman–Crippen LogP) is 3.14. The maximum atomic E-state index is 13.7. The number of halogens is 2. The van der Waals surface area contributed by atoms with Crippen LogP contribution >= 0.6 is 0 Å². The molecule has 1 N–H and O–H groups in total. The molecule has 2 aromatic carbocycles. The van der Waals surface area contributed by atoms with E-state index in [0.29, 0.717) is 11.5 Å². The zero-order valence-corrected chi connectivity index (χ0v) is 13.4. The van der Waals surface area contributed by atoms with Crippen LogP contribution in [-0.4, -0.2) is 25.8 Å². The number of nitrogens with zero attached hydrogens (tertiary/aromatic N) is 1. The summed E-state index contributed by atoms with van der Waals surface area (Å²) in [5, 5.41) is 3.76. The van der Waals surface area contributed by atoms with E-state index in [-0.39, 0.29) is 16.8 Å². The number of ether oxygens (including phenoxy) is 2. The second-order valence-electron chi connectivity index (χ2n) is 4.84. The lowest BCUT2D eigenvalue weighted by atomic mass is 10.1. The number of hydrazone groups is 1. The Morgan fingerprint density at radius 2 is 1.58 bits per heavy atom. The number of carbonyl (C=O) groups is 1. The smallest absolute Gasteiger partial charge is 0.271 e. The number of benzene rings is 2. The molecule has 0 radical (unpaired) electrons. The van der Waals surface area contributed by atoms with Gasteiger partial charge in [-0.1, -0.05) is 6.07 Å².